The summed E-state index contributed by atoms with van der Waals surface area (Å²) in [5, 5.41) is 0. The van der Waals surface area contributed by atoms with Crippen LogP contribution in [-0.4, -0.2) is 33.6 Å². The van der Waals surface area contributed by atoms with Gasteiger partial charge in [-0.3, -0.25) is 0 Å². The van der Waals surface area contributed by atoms with Crippen LogP contribution in [0.5, 0.6) is 28.7 Å². The molecule has 2 heterocycles. The van der Waals surface area contributed by atoms with Crippen LogP contribution in [0, 0.1) is 6.92 Å². The number of fused-ring (bicyclic) bond motifs is 2. The van der Waals surface area contributed by atoms with Crippen LogP contribution in [0.1, 0.15) is 33.7 Å². The van der Waals surface area contributed by atoms with E-state index in [9.17, 15) is 4.79 Å². The van der Waals surface area contributed by atoms with Crippen LogP contribution in [0.15, 0.2) is 59.7 Å². The Labute approximate surface area is 209 Å². The minimum Gasteiger partial charge on any atom is -0.493 e. The maximum atomic E-state index is 12.9. The number of esters is 1. The minimum absolute atomic E-state index is 0.187. The van der Waals surface area contributed by atoms with Gasteiger partial charge in [-0.2, -0.15) is 0 Å². The molecule has 7 heteroatoms. The average Bonchev–Trinajstić information content (AvgIpc) is 3.51. The molecule has 6 rings (SSSR count). The smallest absolute Gasteiger partial charge is 0.335 e. The van der Waals surface area contributed by atoms with E-state index in [-0.39, 0.29) is 18.7 Å². The van der Waals surface area contributed by atoms with Crippen molar-refractivity contribution >= 4 is 5.97 Å². The number of ether oxygens (including phenoxy) is 6. The third-order valence-corrected chi connectivity index (χ3v) is 6.94. The van der Waals surface area contributed by atoms with E-state index in [1.54, 1.807) is 14.2 Å². The molecule has 184 valence electrons. The highest BCUT2D eigenvalue weighted by Crippen LogP contribution is 2.50. The maximum absolute atomic E-state index is 12.9. The van der Waals surface area contributed by atoms with Crippen LogP contribution in [-0.2, 0) is 22.6 Å². The van der Waals surface area contributed by atoms with Crippen LogP contribution in [0.3, 0.4) is 0 Å². The lowest BCUT2D eigenvalue weighted by atomic mass is 9.75. The standard InChI is InChI=1S/C29H26O7/c1-16-4-6-17(7-5-16)13-33-28-24(31-2)10-19(11-25(28)32-3)26-21-12-23-22(35-15-36-23)9-18(21)8-20-14-34-29(30)27(20)26/h4-7,9-12,26H,8,13-15H2,1-3H3/t26-/m1/s1. The van der Waals surface area contributed by atoms with Crippen molar-refractivity contribution in [1.29, 1.82) is 0 Å². The molecule has 0 aromatic heterocycles. The molecule has 0 radical (unpaired) electrons. The first-order valence-corrected chi connectivity index (χ1v) is 11.8. The molecular formula is C29H26O7. The Hall–Kier alpha value is -4.13. The first-order valence-electron chi connectivity index (χ1n) is 11.8. The number of cyclic esters (lactones) is 1. The highest BCUT2D eigenvalue weighted by molar-refractivity contribution is 5.95. The summed E-state index contributed by atoms with van der Waals surface area (Å²) in [6.07, 6.45) is 0.634. The molecule has 7 nitrogen and oxygen atoms in total. The van der Waals surface area contributed by atoms with E-state index >= 15 is 0 Å². The summed E-state index contributed by atoms with van der Waals surface area (Å²) in [5.74, 6) is 2.30. The van der Waals surface area contributed by atoms with Gasteiger partial charge in [-0.1, -0.05) is 29.8 Å². The summed E-state index contributed by atoms with van der Waals surface area (Å²) in [6.45, 7) is 2.90. The normalized spacial score (nSPS) is 17.4. The first kappa shape index (κ1) is 22.3. The van der Waals surface area contributed by atoms with Crippen molar-refractivity contribution in [2.45, 2.75) is 25.9 Å². The van der Waals surface area contributed by atoms with Crippen molar-refractivity contribution in [3.05, 3.63) is 87.5 Å². The second-order valence-electron chi connectivity index (χ2n) is 9.14. The zero-order valence-corrected chi connectivity index (χ0v) is 20.4. The fourth-order valence-corrected chi connectivity index (χ4v) is 5.12. The van der Waals surface area contributed by atoms with E-state index in [0.717, 1.165) is 33.6 Å². The average molecular weight is 487 g/mol. The van der Waals surface area contributed by atoms with Gasteiger partial charge in [0.25, 0.3) is 0 Å². The van der Waals surface area contributed by atoms with Gasteiger partial charge in [-0.25, -0.2) is 4.79 Å². The van der Waals surface area contributed by atoms with Crippen molar-refractivity contribution in [2.24, 2.45) is 0 Å². The zero-order chi connectivity index (χ0) is 24.8. The molecule has 0 fully saturated rings. The summed E-state index contributed by atoms with van der Waals surface area (Å²) in [6, 6.07) is 16.0. The predicted octanol–water partition coefficient (Wildman–Crippen LogP) is 4.86. The van der Waals surface area contributed by atoms with Crippen LogP contribution in [0.25, 0.3) is 0 Å². The highest BCUT2D eigenvalue weighted by Gasteiger charge is 2.40. The molecule has 36 heavy (non-hydrogen) atoms. The SMILES string of the molecule is COc1cc([C@H]2C3=C(COC3=O)Cc3cc4c(cc32)OCO4)cc(OC)c1OCc1ccc(C)cc1. The lowest BCUT2D eigenvalue weighted by Crippen LogP contribution is -2.18. The van der Waals surface area contributed by atoms with Gasteiger partial charge in [0.15, 0.2) is 23.0 Å². The summed E-state index contributed by atoms with van der Waals surface area (Å²) >= 11 is 0. The van der Waals surface area contributed by atoms with E-state index in [1.165, 1.54) is 5.56 Å². The molecule has 0 saturated heterocycles. The zero-order valence-electron chi connectivity index (χ0n) is 20.4. The fraction of sp³-hybridized carbons (Fsp3) is 0.276. The maximum Gasteiger partial charge on any atom is 0.335 e. The Morgan fingerprint density at radius 2 is 1.61 bits per heavy atom. The van der Waals surface area contributed by atoms with E-state index in [4.69, 9.17) is 28.4 Å². The van der Waals surface area contributed by atoms with E-state index in [1.807, 2.05) is 55.5 Å². The molecule has 0 amide bonds. The Balaban J connectivity index is 1.43. The van der Waals surface area contributed by atoms with E-state index < -0.39 is 0 Å². The van der Waals surface area contributed by atoms with Crippen molar-refractivity contribution in [1.82, 2.24) is 0 Å². The van der Waals surface area contributed by atoms with Gasteiger partial charge in [0, 0.05) is 5.92 Å². The topological polar surface area (TPSA) is 72.5 Å². The molecular weight excluding hydrogens is 460 g/mol. The Morgan fingerprint density at radius 3 is 2.31 bits per heavy atom. The summed E-state index contributed by atoms with van der Waals surface area (Å²) in [4.78, 5) is 12.9. The quantitative estimate of drug-likeness (QED) is 0.461. The molecule has 3 aromatic carbocycles. The molecule has 0 unspecified atom stereocenters. The molecule has 0 bridgehead atoms. The first-order chi connectivity index (χ1) is 17.6. The fourth-order valence-electron chi connectivity index (χ4n) is 5.12. The number of hydrogen-bond donors (Lipinski definition) is 0. The molecule has 1 aliphatic carbocycles. The lowest BCUT2D eigenvalue weighted by Gasteiger charge is -2.27. The predicted molar refractivity (Wildman–Crippen MR) is 131 cm³/mol. The highest BCUT2D eigenvalue weighted by atomic mass is 16.7. The van der Waals surface area contributed by atoms with Gasteiger partial charge in [0.1, 0.15) is 13.2 Å². The van der Waals surface area contributed by atoms with Crippen molar-refractivity contribution < 1.29 is 33.2 Å². The largest absolute Gasteiger partial charge is 0.493 e. The molecule has 3 aromatic rings. The number of rotatable bonds is 6. The van der Waals surface area contributed by atoms with Crippen LogP contribution in [0.4, 0.5) is 0 Å². The van der Waals surface area contributed by atoms with Gasteiger partial charge in [-0.15, -0.1) is 0 Å². The number of hydrogen-bond acceptors (Lipinski definition) is 7. The van der Waals surface area contributed by atoms with E-state index in [2.05, 4.69) is 0 Å². The lowest BCUT2D eigenvalue weighted by molar-refractivity contribution is -0.136. The van der Waals surface area contributed by atoms with Crippen molar-refractivity contribution in [3.8, 4) is 28.7 Å². The summed E-state index contributed by atoms with van der Waals surface area (Å²) in [7, 11) is 3.19. The molecule has 1 atom stereocenters. The molecule has 0 N–H and O–H groups in total. The van der Waals surface area contributed by atoms with Crippen molar-refractivity contribution in [2.75, 3.05) is 27.6 Å². The summed E-state index contributed by atoms with van der Waals surface area (Å²) in [5.41, 5.74) is 6.78. The number of benzene rings is 3. The number of methoxy groups -OCH3 is 2. The van der Waals surface area contributed by atoms with Crippen LogP contribution >= 0.6 is 0 Å². The molecule has 3 aliphatic rings. The third-order valence-electron chi connectivity index (χ3n) is 6.94. The van der Waals surface area contributed by atoms with Gasteiger partial charge in [0.05, 0.1) is 19.8 Å². The van der Waals surface area contributed by atoms with Crippen molar-refractivity contribution in [3.63, 3.8) is 0 Å². The Kier molecular flexibility index (Phi) is 5.48. The second-order valence-corrected chi connectivity index (χ2v) is 9.14. The number of carbonyl (C=O) groups excluding carboxylic acids is 1. The number of aryl methyl sites for hydroxylation is 1. The third kappa shape index (κ3) is 3.71. The van der Waals surface area contributed by atoms with Gasteiger partial charge < -0.3 is 28.4 Å². The van der Waals surface area contributed by atoms with Gasteiger partial charge in [0.2, 0.25) is 12.5 Å². The van der Waals surface area contributed by atoms with Crippen LogP contribution < -0.4 is 23.7 Å². The Morgan fingerprint density at radius 1 is 0.917 bits per heavy atom. The van der Waals surface area contributed by atoms with Gasteiger partial charge >= 0.3 is 5.97 Å². The van der Waals surface area contributed by atoms with Gasteiger partial charge in [-0.05, 0) is 65.4 Å². The Bertz CT molecular complexity index is 1360. The second kappa shape index (κ2) is 8.82. The monoisotopic (exact) mass is 486 g/mol. The molecule has 0 saturated carbocycles. The number of carbonyl (C=O) groups is 1. The van der Waals surface area contributed by atoms with Crippen LogP contribution in [0.2, 0.25) is 0 Å². The summed E-state index contributed by atoms with van der Waals surface area (Å²) < 4.78 is 34.4. The molecule has 2 aliphatic heterocycles. The minimum atomic E-state index is -0.359. The molecule has 0 spiro atoms. The van der Waals surface area contributed by atoms with E-state index in [0.29, 0.717) is 48.2 Å².